The molecule has 5 rings (SSSR count). The average Bonchev–Trinajstić information content (AvgIpc) is 3.33. The van der Waals surface area contributed by atoms with Crippen molar-refractivity contribution >= 4 is 5.97 Å². The van der Waals surface area contributed by atoms with Crippen LogP contribution < -0.4 is 0 Å². The van der Waals surface area contributed by atoms with Crippen molar-refractivity contribution in [1.82, 2.24) is 0 Å². The van der Waals surface area contributed by atoms with Crippen LogP contribution in [0.25, 0.3) is 0 Å². The van der Waals surface area contributed by atoms with Crippen LogP contribution in [0.3, 0.4) is 0 Å². The molecule has 2 aromatic rings. The molecule has 0 spiro atoms. The maximum absolute atomic E-state index is 12.5. The zero-order chi connectivity index (χ0) is 17.5. The van der Waals surface area contributed by atoms with E-state index in [9.17, 15) is 4.79 Å². The number of carbonyl (C=O) groups is 1. The van der Waals surface area contributed by atoms with Gasteiger partial charge < -0.3 is 23.7 Å². The largest absolute Gasteiger partial charge is 0.453 e. The van der Waals surface area contributed by atoms with E-state index in [1.54, 1.807) is 24.3 Å². The van der Waals surface area contributed by atoms with Crippen molar-refractivity contribution in [2.24, 2.45) is 0 Å². The standard InChI is InChI=1S/C20H18O6/c21-18(12-7-3-1-4-8-12)24-15-14-11-22-20(23-14)17-16(15)25-19(26-17)13-9-5-2-6-10-13/h1-10,14-17,19-20H,11H2/t14-,15-,16+,17+,19?,20?/m1/s1. The zero-order valence-corrected chi connectivity index (χ0v) is 13.9. The molecule has 2 bridgehead atoms. The molecule has 0 amide bonds. The topological polar surface area (TPSA) is 63.2 Å². The molecular formula is C20H18O6. The van der Waals surface area contributed by atoms with Crippen LogP contribution in [-0.2, 0) is 23.7 Å². The Morgan fingerprint density at radius 1 is 0.885 bits per heavy atom. The normalized spacial score (nSPS) is 35.1. The number of fused-ring (bicyclic) bond motifs is 4. The Morgan fingerprint density at radius 2 is 1.58 bits per heavy atom. The first-order chi connectivity index (χ1) is 12.8. The lowest BCUT2D eigenvalue weighted by Crippen LogP contribution is -2.54. The Kier molecular flexibility index (Phi) is 3.98. The van der Waals surface area contributed by atoms with Crippen LogP contribution in [0.15, 0.2) is 60.7 Å². The molecule has 0 radical (unpaired) electrons. The molecule has 2 aromatic carbocycles. The molecule has 26 heavy (non-hydrogen) atoms. The van der Waals surface area contributed by atoms with E-state index in [2.05, 4.69) is 0 Å². The van der Waals surface area contributed by atoms with Gasteiger partial charge in [-0.2, -0.15) is 0 Å². The lowest BCUT2D eigenvalue weighted by molar-refractivity contribution is -0.195. The van der Waals surface area contributed by atoms with E-state index in [1.165, 1.54) is 0 Å². The molecule has 3 fully saturated rings. The molecule has 6 heteroatoms. The molecule has 0 saturated carbocycles. The maximum atomic E-state index is 12.5. The minimum absolute atomic E-state index is 0.354. The van der Waals surface area contributed by atoms with Crippen LogP contribution in [0.5, 0.6) is 0 Å². The number of hydrogen-bond acceptors (Lipinski definition) is 6. The van der Waals surface area contributed by atoms with Gasteiger partial charge in [-0.05, 0) is 12.1 Å². The van der Waals surface area contributed by atoms with Gasteiger partial charge in [-0.3, -0.25) is 0 Å². The summed E-state index contributed by atoms with van der Waals surface area (Å²) in [7, 11) is 0. The molecular weight excluding hydrogens is 336 g/mol. The summed E-state index contributed by atoms with van der Waals surface area (Å²) in [6.07, 6.45) is -2.83. The van der Waals surface area contributed by atoms with Gasteiger partial charge in [-0.1, -0.05) is 48.5 Å². The predicted molar refractivity (Wildman–Crippen MR) is 89.2 cm³/mol. The minimum atomic E-state index is -0.583. The highest BCUT2D eigenvalue weighted by Crippen LogP contribution is 2.42. The third kappa shape index (κ3) is 2.71. The van der Waals surface area contributed by atoms with Crippen LogP contribution in [0.4, 0.5) is 0 Å². The van der Waals surface area contributed by atoms with Crippen LogP contribution in [0.1, 0.15) is 22.2 Å². The van der Waals surface area contributed by atoms with Crippen LogP contribution in [0, 0.1) is 0 Å². The van der Waals surface area contributed by atoms with Crippen molar-refractivity contribution in [1.29, 1.82) is 0 Å². The van der Waals surface area contributed by atoms with Gasteiger partial charge in [0.2, 0.25) is 0 Å². The predicted octanol–water partition coefficient (Wildman–Crippen LogP) is 2.45. The van der Waals surface area contributed by atoms with E-state index in [4.69, 9.17) is 23.7 Å². The summed E-state index contributed by atoms with van der Waals surface area (Å²) in [5.41, 5.74) is 1.40. The quantitative estimate of drug-likeness (QED) is 0.789. The molecule has 3 aliphatic rings. The zero-order valence-electron chi connectivity index (χ0n) is 13.9. The van der Waals surface area contributed by atoms with E-state index in [1.807, 2.05) is 36.4 Å². The van der Waals surface area contributed by atoms with Crippen molar-refractivity contribution in [2.75, 3.05) is 6.61 Å². The van der Waals surface area contributed by atoms with Crippen molar-refractivity contribution in [3.8, 4) is 0 Å². The minimum Gasteiger partial charge on any atom is -0.453 e. The van der Waals surface area contributed by atoms with Gasteiger partial charge in [0.25, 0.3) is 0 Å². The van der Waals surface area contributed by atoms with E-state index in [-0.39, 0.29) is 6.10 Å². The van der Waals surface area contributed by atoms with E-state index < -0.39 is 36.9 Å². The van der Waals surface area contributed by atoms with E-state index >= 15 is 0 Å². The van der Waals surface area contributed by atoms with Crippen molar-refractivity contribution in [2.45, 2.75) is 37.0 Å². The number of benzene rings is 2. The first-order valence-corrected chi connectivity index (χ1v) is 8.68. The summed E-state index contributed by atoms with van der Waals surface area (Å²) in [5, 5.41) is 0. The molecule has 3 aliphatic heterocycles. The van der Waals surface area contributed by atoms with Gasteiger partial charge in [0.1, 0.15) is 18.3 Å². The van der Waals surface area contributed by atoms with Gasteiger partial charge >= 0.3 is 5.97 Å². The van der Waals surface area contributed by atoms with Crippen molar-refractivity contribution in [3.05, 3.63) is 71.8 Å². The van der Waals surface area contributed by atoms with E-state index in [0.717, 1.165) is 5.56 Å². The summed E-state index contributed by atoms with van der Waals surface area (Å²) >= 11 is 0. The summed E-state index contributed by atoms with van der Waals surface area (Å²) < 4.78 is 29.4. The van der Waals surface area contributed by atoms with Crippen molar-refractivity contribution < 1.29 is 28.5 Å². The molecule has 134 valence electrons. The lowest BCUT2D eigenvalue weighted by atomic mass is 10.0. The Morgan fingerprint density at radius 3 is 2.35 bits per heavy atom. The fourth-order valence-electron chi connectivity index (χ4n) is 3.63. The second kappa shape index (κ2) is 6.48. The first kappa shape index (κ1) is 16.0. The van der Waals surface area contributed by atoms with Crippen LogP contribution in [0.2, 0.25) is 0 Å². The number of ether oxygens (including phenoxy) is 5. The van der Waals surface area contributed by atoms with Crippen molar-refractivity contribution in [3.63, 3.8) is 0 Å². The molecule has 0 aliphatic carbocycles. The summed E-state index contributed by atoms with van der Waals surface area (Å²) in [5.74, 6) is -0.407. The second-order valence-corrected chi connectivity index (χ2v) is 6.56. The van der Waals surface area contributed by atoms with Gasteiger partial charge in [0, 0.05) is 5.56 Å². The maximum Gasteiger partial charge on any atom is 0.338 e. The Labute approximate surface area is 150 Å². The highest BCUT2D eigenvalue weighted by Gasteiger charge is 2.58. The third-order valence-corrected chi connectivity index (χ3v) is 4.90. The molecule has 6 nitrogen and oxygen atoms in total. The molecule has 0 N–H and O–H groups in total. The van der Waals surface area contributed by atoms with Crippen LogP contribution >= 0.6 is 0 Å². The number of carbonyl (C=O) groups excluding carboxylic acids is 1. The van der Waals surface area contributed by atoms with Crippen LogP contribution in [-0.4, -0.2) is 43.3 Å². The Balaban J connectivity index is 1.38. The Hall–Kier alpha value is -2.25. The summed E-state index contributed by atoms with van der Waals surface area (Å²) in [6.45, 7) is 0.354. The van der Waals surface area contributed by atoms with Gasteiger partial charge in [-0.15, -0.1) is 0 Å². The molecule has 6 atom stereocenters. The SMILES string of the molecule is O=C(O[C@H]1[C@@H]2OC(c3ccccc3)O[C@@H]2C2OC[C@H]1O2)c1ccccc1. The third-order valence-electron chi connectivity index (χ3n) is 4.90. The fourth-order valence-corrected chi connectivity index (χ4v) is 3.63. The monoisotopic (exact) mass is 354 g/mol. The number of rotatable bonds is 3. The molecule has 3 saturated heterocycles. The fraction of sp³-hybridized carbons (Fsp3) is 0.350. The molecule has 3 heterocycles. The van der Waals surface area contributed by atoms with E-state index in [0.29, 0.717) is 12.2 Å². The summed E-state index contributed by atoms with van der Waals surface area (Å²) in [4.78, 5) is 12.5. The highest BCUT2D eigenvalue weighted by atomic mass is 16.8. The Bertz CT molecular complexity index is 779. The van der Waals surface area contributed by atoms with Gasteiger partial charge in [0.05, 0.1) is 12.2 Å². The smallest absolute Gasteiger partial charge is 0.338 e. The highest BCUT2D eigenvalue weighted by molar-refractivity contribution is 5.89. The van der Waals surface area contributed by atoms with Gasteiger partial charge in [-0.25, -0.2) is 4.79 Å². The first-order valence-electron chi connectivity index (χ1n) is 8.68. The second-order valence-electron chi connectivity index (χ2n) is 6.56. The number of esters is 1. The molecule has 2 unspecified atom stereocenters. The lowest BCUT2D eigenvalue weighted by Gasteiger charge is -2.34. The summed E-state index contributed by atoms with van der Waals surface area (Å²) in [6, 6.07) is 18.5. The molecule has 0 aromatic heterocycles. The average molecular weight is 354 g/mol. The number of hydrogen-bond donors (Lipinski definition) is 0. The van der Waals surface area contributed by atoms with Gasteiger partial charge in [0.15, 0.2) is 18.7 Å².